The summed E-state index contributed by atoms with van der Waals surface area (Å²) in [5.41, 5.74) is 3.82. The van der Waals surface area contributed by atoms with Crippen LogP contribution in [0.4, 0.5) is 5.82 Å². The molecule has 2 heterocycles. The highest BCUT2D eigenvalue weighted by atomic mass is 127. The van der Waals surface area contributed by atoms with E-state index in [2.05, 4.69) is 89.6 Å². The second-order valence-electron chi connectivity index (χ2n) is 8.20. The lowest BCUT2D eigenvalue weighted by Gasteiger charge is -2.33. The van der Waals surface area contributed by atoms with E-state index in [-0.39, 0.29) is 24.0 Å². The van der Waals surface area contributed by atoms with Gasteiger partial charge in [0.15, 0.2) is 5.96 Å². The van der Waals surface area contributed by atoms with Crippen LogP contribution in [0.5, 0.6) is 0 Å². The summed E-state index contributed by atoms with van der Waals surface area (Å²) >= 11 is 0. The molecule has 31 heavy (non-hydrogen) atoms. The molecule has 1 aliphatic heterocycles. The molecule has 170 valence electrons. The first-order valence-electron chi connectivity index (χ1n) is 11.0. The SMILES string of the molecule is CCNC(=NCc1ccnc(N2CCN(C)CC2)c1)NCC(C)c1ccc(C)cc1.I. The Bertz CT molecular complexity index is 815. The van der Waals surface area contributed by atoms with Gasteiger partial charge in [0.1, 0.15) is 5.82 Å². The van der Waals surface area contributed by atoms with Crippen molar-refractivity contribution in [1.29, 1.82) is 0 Å². The second kappa shape index (κ2) is 12.9. The number of pyridine rings is 1. The van der Waals surface area contributed by atoms with Crippen LogP contribution >= 0.6 is 24.0 Å². The fraction of sp³-hybridized carbons (Fsp3) is 0.500. The predicted octanol–water partition coefficient (Wildman–Crippen LogP) is 3.62. The molecule has 2 N–H and O–H groups in total. The van der Waals surface area contributed by atoms with E-state index in [9.17, 15) is 0 Å². The maximum atomic E-state index is 4.80. The lowest BCUT2D eigenvalue weighted by molar-refractivity contribution is 0.312. The van der Waals surface area contributed by atoms with Crippen molar-refractivity contribution >= 4 is 35.8 Å². The van der Waals surface area contributed by atoms with Crippen LogP contribution in [0.1, 0.15) is 36.5 Å². The number of nitrogens with zero attached hydrogens (tertiary/aromatic N) is 4. The Hall–Kier alpha value is -1.87. The topological polar surface area (TPSA) is 55.8 Å². The van der Waals surface area contributed by atoms with Gasteiger partial charge in [-0.2, -0.15) is 0 Å². The summed E-state index contributed by atoms with van der Waals surface area (Å²) in [7, 11) is 2.17. The molecule has 0 radical (unpaired) electrons. The maximum absolute atomic E-state index is 4.80. The van der Waals surface area contributed by atoms with Crippen molar-refractivity contribution in [2.75, 3.05) is 51.2 Å². The number of hydrogen-bond acceptors (Lipinski definition) is 4. The number of halogens is 1. The molecule has 0 bridgehead atoms. The second-order valence-corrected chi connectivity index (χ2v) is 8.20. The number of piperazine rings is 1. The predicted molar refractivity (Wildman–Crippen MR) is 142 cm³/mol. The minimum atomic E-state index is 0. The van der Waals surface area contributed by atoms with Crippen molar-refractivity contribution < 1.29 is 0 Å². The van der Waals surface area contributed by atoms with Gasteiger partial charge >= 0.3 is 0 Å². The highest BCUT2D eigenvalue weighted by Gasteiger charge is 2.15. The number of rotatable bonds is 7. The molecule has 7 heteroatoms. The Morgan fingerprint density at radius 3 is 2.48 bits per heavy atom. The van der Waals surface area contributed by atoms with E-state index in [0.717, 1.165) is 51.0 Å². The maximum Gasteiger partial charge on any atom is 0.191 e. The lowest BCUT2D eigenvalue weighted by Crippen LogP contribution is -2.44. The number of anilines is 1. The van der Waals surface area contributed by atoms with Crippen molar-refractivity contribution in [1.82, 2.24) is 20.5 Å². The van der Waals surface area contributed by atoms with E-state index in [1.54, 1.807) is 0 Å². The molecular weight excluding hydrogens is 499 g/mol. The van der Waals surface area contributed by atoms with Crippen LogP contribution in [0.15, 0.2) is 47.6 Å². The van der Waals surface area contributed by atoms with Crippen LogP contribution in [0.3, 0.4) is 0 Å². The van der Waals surface area contributed by atoms with Crippen LogP contribution in [-0.2, 0) is 6.54 Å². The zero-order valence-electron chi connectivity index (χ0n) is 19.3. The first kappa shape index (κ1) is 25.4. The summed E-state index contributed by atoms with van der Waals surface area (Å²) in [4.78, 5) is 14.1. The third-order valence-electron chi connectivity index (χ3n) is 5.62. The molecule has 0 amide bonds. The molecule has 3 rings (SSSR count). The molecule has 1 saturated heterocycles. The third-order valence-corrected chi connectivity index (χ3v) is 5.62. The Morgan fingerprint density at radius 1 is 1.10 bits per heavy atom. The molecular formula is C24H37IN6. The Balaban J connectivity index is 0.00000341. The molecule has 1 unspecified atom stereocenters. The van der Waals surface area contributed by atoms with Crippen LogP contribution in [0, 0.1) is 6.92 Å². The summed E-state index contributed by atoms with van der Waals surface area (Å²) in [6, 6.07) is 13.0. The van der Waals surface area contributed by atoms with Gasteiger partial charge in [-0.3, -0.25) is 0 Å². The third kappa shape index (κ3) is 7.96. The molecule has 1 aromatic heterocycles. The van der Waals surface area contributed by atoms with Gasteiger partial charge in [-0.25, -0.2) is 9.98 Å². The summed E-state index contributed by atoms with van der Waals surface area (Å²) in [6.45, 7) is 13.0. The molecule has 1 aromatic carbocycles. The van der Waals surface area contributed by atoms with E-state index in [1.807, 2.05) is 6.20 Å². The fourth-order valence-corrected chi connectivity index (χ4v) is 3.54. The first-order valence-corrected chi connectivity index (χ1v) is 11.0. The van der Waals surface area contributed by atoms with E-state index in [4.69, 9.17) is 4.99 Å². The van der Waals surface area contributed by atoms with Crippen molar-refractivity contribution in [2.45, 2.75) is 33.2 Å². The number of aliphatic imine (C=N–C) groups is 1. The average molecular weight is 537 g/mol. The zero-order chi connectivity index (χ0) is 21.3. The van der Waals surface area contributed by atoms with Crippen molar-refractivity contribution in [3.63, 3.8) is 0 Å². The number of nitrogens with one attached hydrogen (secondary N) is 2. The summed E-state index contributed by atoms with van der Waals surface area (Å²) in [5.74, 6) is 2.33. The van der Waals surface area contributed by atoms with E-state index >= 15 is 0 Å². The largest absolute Gasteiger partial charge is 0.357 e. The van der Waals surface area contributed by atoms with Gasteiger partial charge < -0.3 is 20.4 Å². The van der Waals surface area contributed by atoms with Crippen LogP contribution in [0.2, 0.25) is 0 Å². The van der Waals surface area contributed by atoms with Crippen LogP contribution in [-0.4, -0.2) is 62.2 Å². The number of aromatic nitrogens is 1. The van der Waals surface area contributed by atoms with Crippen LogP contribution < -0.4 is 15.5 Å². The summed E-state index contributed by atoms with van der Waals surface area (Å²) in [5, 5.41) is 6.85. The van der Waals surface area contributed by atoms with Gasteiger partial charge in [-0.15, -0.1) is 24.0 Å². The Kier molecular flexibility index (Phi) is 10.5. The minimum Gasteiger partial charge on any atom is -0.357 e. The number of guanidine groups is 1. The van der Waals surface area contributed by atoms with Gasteiger partial charge in [-0.05, 0) is 50.1 Å². The van der Waals surface area contributed by atoms with E-state index < -0.39 is 0 Å². The smallest absolute Gasteiger partial charge is 0.191 e. The van der Waals surface area contributed by atoms with Crippen molar-refractivity contribution in [3.05, 3.63) is 59.3 Å². The van der Waals surface area contributed by atoms with Gasteiger partial charge in [0.05, 0.1) is 6.54 Å². The molecule has 1 aliphatic rings. The number of benzene rings is 1. The van der Waals surface area contributed by atoms with E-state index in [1.165, 1.54) is 16.7 Å². The Labute approximate surface area is 204 Å². The summed E-state index contributed by atoms with van der Waals surface area (Å²) in [6.07, 6.45) is 1.90. The van der Waals surface area contributed by atoms with Crippen LogP contribution in [0.25, 0.3) is 0 Å². The molecule has 1 atom stereocenters. The quantitative estimate of drug-likeness (QED) is 0.322. The summed E-state index contributed by atoms with van der Waals surface area (Å²) < 4.78 is 0. The first-order chi connectivity index (χ1) is 14.5. The van der Waals surface area contributed by atoms with Gasteiger partial charge in [0.2, 0.25) is 0 Å². The van der Waals surface area contributed by atoms with Gasteiger partial charge in [0.25, 0.3) is 0 Å². The molecule has 0 aliphatic carbocycles. The normalized spacial score (nSPS) is 15.9. The number of likely N-dealkylation sites (N-methyl/N-ethyl adjacent to an activating group) is 1. The molecule has 0 saturated carbocycles. The molecule has 2 aromatic rings. The number of hydrogen-bond donors (Lipinski definition) is 2. The Morgan fingerprint density at radius 2 is 1.81 bits per heavy atom. The molecule has 6 nitrogen and oxygen atoms in total. The molecule has 0 spiro atoms. The van der Waals surface area contributed by atoms with Crippen molar-refractivity contribution in [3.8, 4) is 0 Å². The van der Waals surface area contributed by atoms with Gasteiger partial charge in [0, 0.05) is 45.5 Å². The highest BCUT2D eigenvalue weighted by Crippen LogP contribution is 2.16. The minimum absolute atomic E-state index is 0. The lowest BCUT2D eigenvalue weighted by atomic mass is 10.0. The highest BCUT2D eigenvalue weighted by molar-refractivity contribution is 14.0. The average Bonchev–Trinajstić information content (AvgIpc) is 2.76. The van der Waals surface area contributed by atoms with E-state index in [0.29, 0.717) is 12.5 Å². The number of aryl methyl sites for hydroxylation is 1. The zero-order valence-corrected chi connectivity index (χ0v) is 21.6. The van der Waals surface area contributed by atoms with Crippen molar-refractivity contribution in [2.24, 2.45) is 4.99 Å². The monoisotopic (exact) mass is 536 g/mol. The van der Waals surface area contributed by atoms with Gasteiger partial charge in [-0.1, -0.05) is 36.8 Å². The fourth-order valence-electron chi connectivity index (χ4n) is 3.54. The standard InChI is InChI=1S/C24H36N6.HI/c1-5-25-24(27-17-20(3)22-8-6-19(2)7-9-22)28-18-21-10-11-26-23(16-21)30-14-12-29(4)13-15-30;/h6-11,16,20H,5,12-15,17-18H2,1-4H3,(H2,25,27,28);1H. The molecule has 1 fully saturated rings.